The zero-order valence-electron chi connectivity index (χ0n) is 12.2. The van der Waals surface area contributed by atoms with Crippen LogP contribution in [0.5, 0.6) is 0 Å². The first-order valence-electron chi connectivity index (χ1n) is 7.82. The second-order valence-electron chi connectivity index (χ2n) is 5.97. The van der Waals surface area contributed by atoms with Crippen LogP contribution in [-0.4, -0.2) is 50.3 Å². The first-order chi connectivity index (χ1) is 8.83. The number of methoxy groups -OCH3 is 1. The minimum Gasteiger partial charge on any atom is -0.380 e. The fourth-order valence-electron chi connectivity index (χ4n) is 3.66. The van der Waals surface area contributed by atoms with Crippen LogP contribution in [0.4, 0.5) is 0 Å². The van der Waals surface area contributed by atoms with Crippen molar-refractivity contribution in [3.05, 3.63) is 0 Å². The molecule has 1 saturated carbocycles. The van der Waals surface area contributed by atoms with Gasteiger partial charge in [-0.3, -0.25) is 0 Å². The van der Waals surface area contributed by atoms with Gasteiger partial charge in [-0.2, -0.15) is 0 Å². The zero-order chi connectivity index (χ0) is 12.8. The molecule has 18 heavy (non-hydrogen) atoms. The standard InChI is InChI=1S/C15H30N2O/c1-3-16-15-9-5-4-7-13(15)11-17-10-6-8-14(12-17)18-2/h13-16H,3-12H2,1-2H3. The molecule has 0 radical (unpaired) electrons. The van der Waals surface area contributed by atoms with E-state index in [0.717, 1.165) is 25.0 Å². The van der Waals surface area contributed by atoms with Gasteiger partial charge in [0.15, 0.2) is 0 Å². The first-order valence-corrected chi connectivity index (χ1v) is 7.82. The summed E-state index contributed by atoms with van der Waals surface area (Å²) in [6.45, 7) is 7.04. The Bertz CT molecular complexity index is 233. The maximum atomic E-state index is 5.53. The summed E-state index contributed by atoms with van der Waals surface area (Å²) in [6, 6.07) is 0.756. The van der Waals surface area contributed by atoms with E-state index in [-0.39, 0.29) is 0 Å². The van der Waals surface area contributed by atoms with Gasteiger partial charge in [-0.1, -0.05) is 19.8 Å². The maximum absolute atomic E-state index is 5.53. The van der Waals surface area contributed by atoms with Crippen molar-refractivity contribution >= 4 is 0 Å². The van der Waals surface area contributed by atoms with Crippen molar-refractivity contribution in [3.63, 3.8) is 0 Å². The molecule has 1 aliphatic carbocycles. The molecule has 1 N–H and O–H groups in total. The Kier molecular flexibility index (Phi) is 5.93. The lowest BCUT2D eigenvalue weighted by atomic mass is 9.83. The highest BCUT2D eigenvalue weighted by molar-refractivity contribution is 4.84. The lowest BCUT2D eigenvalue weighted by Crippen LogP contribution is -2.47. The summed E-state index contributed by atoms with van der Waals surface area (Å²) in [7, 11) is 1.86. The molecule has 2 rings (SSSR count). The van der Waals surface area contributed by atoms with E-state index in [0.29, 0.717) is 6.10 Å². The summed E-state index contributed by atoms with van der Waals surface area (Å²) in [5, 5.41) is 3.69. The molecule has 3 nitrogen and oxygen atoms in total. The van der Waals surface area contributed by atoms with Gasteiger partial charge < -0.3 is 15.0 Å². The normalized spacial score (nSPS) is 34.7. The molecule has 1 aliphatic heterocycles. The van der Waals surface area contributed by atoms with Gasteiger partial charge in [0, 0.05) is 26.2 Å². The molecule has 106 valence electrons. The van der Waals surface area contributed by atoms with Crippen LogP contribution in [-0.2, 0) is 4.74 Å². The van der Waals surface area contributed by atoms with E-state index in [1.54, 1.807) is 0 Å². The molecule has 3 heteroatoms. The third kappa shape index (κ3) is 3.94. The highest BCUT2D eigenvalue weighted by Gasteiger charge is 2.28. The molecule has 3 unspecified atom stereocenters. The molecule has 3 atom stereocenters. The molecule has 0 amide bonds. The summed E-state index contributed by atoms with van der Waals surface area (Å²) >= 11 is 0. The van der Waals surface area contributed by atoms with E-state index in [9.17, 15) is 0 Å². The summed E-state index contributed by atoms with van der Waals surface area (Å²) < 4.78 is 5.53. The van der Waals surface area contributed by atoms with E-state index in [2.05, 4.69) is 17.1 Å². The van der Waals surface area contributed by atoms with Crippen molar-refractivity contribution in [3.8, 4) is 0 Å². The van der Waals surface area contributed by atoms with Crippen LogP contribution in [0.3, 0.4) is 0 Å². The Hall–Kier alpha value is -0.120. The summed E-state index contributed by atoms with van der Waals surface area (Å²) in [4.78, 5) is 2.64. The van der Waals surface area contributed by atoms with Gasteiger partial charge >= 0.3 is 0 Å². The second-order valence-corrected chi connectivity index (χ2v) is 5.97. The van der Waals surface area contributed by atoms with Crippen LogP contribution in [0, 0.1) is 5.92 Å². The Balaban J connectivity index is 1.82. The van der Waals surface area contributed by atoms with Gasteiger partial charge in [-0.15, -0.1) is 0 Å². The molecule has 2 fully saturated rings. The predicted octanol–water partition coefficient (Wildman–Crippen LogP) is 2.27. The molecule has 0 aromatic heterocycles. The fourth-order valence-corrected chi connectivity index (χ4v) is 3.66. The third-order valence-electron chi connectivity index (χ3n) is 4.66. The van der Waals surface area contributed by atoms with Gasteiger partial charge in [0.25, 0.3) is 0 Å². The van der Waals surface area contributed by atoms with E-state index < -0.39 is 0 Å². The number of piperidine rings is 1. The Morgan fingerprint density at radius 1 is 1.17 bits per heavy atom. The molecule has 0 aromatic carbocycles. The van der Waals surface area contributed by atoms with E-state index in [1.807, 2.05) is 7.11 Å². The number of rotatable bonds is 5. The average molecular weight is 254 g/mol. The molecular formula is C15H30N2O. The van der Waals surface area contributed by atoms with E-state index in [1.165, 1.54) is 51.6 Å². The lowest BCUT2D eigenvalue weighted by molar-refractivity contribution is 0.0210. The maximum Gasteiger partial charge on any atom is 0.0698 e. The number of nitrogens with zero attached hydrogens (tertiary/aromatic N) is 1. The molecule has 0 spiro atoms. The molecule has 1 saturated heterocycles. The number of nitrogens with one attached hydrogen (secondary N) is 1. The van der Waals surface area contributed by atoms with Crippen molar-refractivity contribution < 1.29 is 4.74 Å². The van der Waals surface area contributed by atoms with Gasteiger partial charge in [-0.25, -0.2) is 0 Å². The largest absolute Gasteiger partial charge is 0.380 e. The minimum atomic E-state index is 0.472. The van der Waals surface area contributed by atoms with Crippen molar-refractivity contribution in [2.75, 3.05) is 33.3 Å². The molecule has 0 bridgehead atoms. The van der Waals surface area contributed by atoms with Gasteiger partial charge in [-0.05, 0) is 44.7 Å². The van der Waals surface area contributed by atoms with Crippen molar-refractivity contribution in [1.82, 2.24) is 10.2 Å². The highest BCUT2D eigenvalue weighted by atomic mass is 16.5. The van der Waals surface area contributed by atoms with Crippen LogP contribution >= 0.6 is 0 Å². The zero-order valence-corrected chi connectivity index (χ0v) is 12.2. The predicted molar refractivity (Wildman–Crippen MR) is 75.9 cm³/mol. The highest BCUT2D eigenvalue weighted by Crippen LogP contribution is 2.26. The summed E-state index contributed by atoms with van der Waals surface area (Å²) in [6.07, 6.45) is 8.64. The Morgan fingerprint density at radius 3 is 2.78 bits per heavy atom. The van der Waals surface area contributed by atoms with Crippen LogP contribution in [0.2, 0.25) is 0 Å². The smallest absolute Gasteiger partial charge is 0.0698 e. The quantitative estimate of drug-likeness (QED) is 0.814. The lowest BCUT2D eigenvalue weighted by Gasteiger charge is -2.39. The van der Waals surface area contributed by atoms with Crippen LogP contribution in [0.25, 0.3) is 0 Å². The summed E-state index contributed by atoms with van der Waals surface area (Å²) in [5.74, 6) is 0.856. The topological polar surface area (TPSA) is 24.5 Å². The summed E-state index contributed by atoms with van der Waals surface area (Å²) in [5.41, 5.74) is 0. The molecular weight excluding hydrogens is 224 g/mol. The number of ether oxygens (including phenoxy) is 1. The molecule has 0 aromatic rings. The molecule has 2 aliphatic rings. The van der Waals surface area contributed by atoms with E-state index >= 15 is 0 Å². The fraction of sp³-hybridized carbons (Fsp3) is 1.00. The number of hydrogen-bond donors (Lipinski definition) is 1. The third-order valence-corrected chi connectivity index (χ3v) is 4.66. The second kappa shape index (κ2) is 7.46. The number of likely N-dealkylation sites (tertiary alicyclic amines) is 1. The Morgan fingerprint density at radius 2 is 2.00 bits per heavy atom. The van der Waals surface area contributed by atoms with Crippen LogP contribution in [0.1, 0.15) is 45.4 Å². The van der Waals surface area contributed by atoms with Crippen LogP contribution < -0.4 is 5.32 Å². The van der Waals surface area contributed by atoms with Gasteiger partial charge in [0.05, 0.1) is 6.10 Å². The monoisotopic (exact) mass is 254 g/mol. The average Bonchev–Trinajstić information content (AvgIpc) is 2.41. The van der Waals surface area contributed by atoms with Crippen molar-refractivity contribution in [1.29, 1.82) is 0 Å². The Labute approximate surface area is 112 Å². The van der Waals surface area contributed by atoms with E-state index in [4.69, 9.17) is 4.74 Å². The van der Waals surface area contributed by atoms with Gasteiger partial charge in [0.1, 0.15) is 0 Å². The van der Waals surface area contributed by atoms with Crippen molar-refractivity contribution in [2.24, 2.45) is 5.92 Å². The van der Waals surface area contributed by atoms with Gasteiger partial charge in [0.2, 0.25) is 0 Å². The first kappa shape index (κ1) is 14.3. The van der Waals surface area contributed by atoms with Crippen molar-refractivity contribution in [2.45, 2.75) is 57.6 Å². The van der Waals surface area contributed by atoms with Crippen LogP contribution in [0.15, 0.2) is 0 Å². The SMILES string of the molecule is CCNC1CCCCC1CN1CCCC(OC)C1. The minimum absolute atomic E-state index is 0.472. The molecule has 1 heterocycles. The number of hydrogen-bond acceptors (Lipinski definition) is 3.